The zero-order chi connectivity index (χ0) is 13.2. The van der Waals surface area contributed by atoms with Crippen molar-refractivity contribution in [3.05, 3.63) is 35.4 Å². The van der Waals surface area contributed by atoms with Crippen LogP contribution in [0.2, 0.25) is 0 Å². The van der Waals surface area contributed by atoms with E-state index < -0.39 is 0 Å². The van der Waals surface area contributed by atoms with Gasteiger partial charge in [-0.25, -0.2) is 0 Å². The molecule has 2 aromatic rings. The number of nitrogens with one attached hydrogen (secondary N) is 3. The molecule has 1 aromatic carbocycles. The van der Waals surface area contributed by atoms with E-state index in [0.717, 1.165) is 5.56 Å². The van der Waals surface area contributed by atoms with Crippen LogP contribution in [-0.4, -0.2) is 32.4 Å². The molecule has 19 heavy (non-hydrogen) atoms. The molecule has 2 heterocycles. The molecule has 1 atom stereocenters. The first kappa shape index (κ1) is 11.3. The number of H-pyrrole nitrogens is 1. The van der Waals surface area contributed by atoms with Crippen molar-refractivity contribution < 1.29 is 9.59 Å². The maximum atomic E-state index is 11.8. The Hall–Kier alpha value is -2.77. The number of carbonyl (C=O) groups is 2. The highest BCUT2D eigenvalue weighted by molar-refractivity contribution is 6.00. The molecule has 8 nitrogen and oxygen atoms in total. The van der Waals surface area contributed by atoms with Gasteiger partial charge in [0.25, 0.3) is 11.9 Å². The van der Waals surface area contributed by atoms with Gasteiger partial charge in [0, 0.05) is 5.56 Å². The summed E-state index contributed by atoms with van der Waals surface area (Å²) in [5, 5.41) is 18.1. The minimum atomic E-state index is -0.324. The van der Waals surface area contributed by atoms with E-state index in [0.29, 0.717) is 5.56 Å². The van der Waals surface area contributed by atoms with Crippen LogP contribution in [0.3, 0.4) is 0 Å². The number of tetrazole rings is 1. The summed E-state index contributed by atoms with van der Waals surface area (Å²) in [6.07, 6.45) is 0.122. The highest BCUT2D eigenvalue weighted by Crippen LogP contribution is 2.27. The molecule has 0 aliphatic carbocycles. The maximum absolute atomic E-state index is 11.8. The molecule has 1 aromatic heterocycles. The first-order valence-electron chi connectivity index (χ1n) is 5.67. The van der Waals surface area contributed by atoms with Crippen molar-refractivity contribution in [2.45, 2.75) is 12.5 Å². The van der Waals surface area contributed by atoms with Gasteiger partial charge >= 0.3 is 0 Å². The lowest BCUT2D eigenvalue weighted by Gasteiger charge is -2.10. The molecular weight excluding hydrogens is 248 g/mol. The molecule has 8 heteroatoms. The fourth-order valence-electron chi connectivity index (χ4n) is 2.06. The summed E-state index contributed by atoms with van der Waals surface area (Å²) < 4.78 is 0. The van der Waals surface area contributed by atoms with Gasteiger partial charge in [-0.15, -0.1) is 5.10 Å². The number of benzene rings is 1. The summed E-state index contributed by atoms with van der Waals surface area (Å²) in [7, 11) is 0. The van der Waals surface area contributed by atoms with Crippen molar-refractivity contribution in [2.24, 2.45) is 0 Å². The van der Waals surface area contributed by atoms with Gasteiger partial charge < -0.3 is 5.32 Å². The monoisotopic (exact) mass is 258 g/mol. The van der Waals surface area contributed by atoms with E-state index in [1.807, 2.05) is 12.1 Å². The van der Waals surface area contributed by atoms with Crippen LogP contribution < -0.4 is 10.6 Å². The number of hydrogen-bond acceptors (Lipinski definition) is 5. The molecule has 96 valence electrons. The van der Waals surface area contributed by atoms with Crippen molar-refractivity contribution in [1.82, 2.24) is 25.9 Å². The molecule has 3 rings (SSSR count). The number of aromatic amines is 1. The van der Waals surface area contributed by atoms with Crippen molar-refractivity contribution in [1.29, 1.82) is 0 Å². The van der Waals surface area contributed by atoms with Gasteiger partial charge in [0.1, 0.15) is 0 Å². The third-order valence-corrected chi connectivity index (χ3v) is 2.87. The lowest BCUT2D eigenvalue weighted by Crippen LogP contribution is -2.24. The first-order chi connectivity index (χ1) is 9.24. The Bertz CT molecular complexity index is 624. The number of anilines is 1. The third kappa shape index (κ3) is 2.15. The number of carbonyl (C=O) groups excluding carboxylic acids is 2. The summed E-state index contributed by atoms with van der Waals surface area (Å²) in [5.41, 5.74) is 1.44. The summed E-state index contributed by atoms with van der Waals surface area (Å²) in [4.78, 5) is 23.5. The SMILES string of the molecule is O=C(C[C@H]1NC(=O)c2ccccc21)Nc1nn[nH]n1. The smallest absolute Gasteiger partial charge is 0.269 e. The Morgan fingerprint density at radius 2 is 2.21 bits per heavy atom. The highest BCUT2D eigenvalue weighted by Gasteiger charge is 2.29. The van der Waals surface area contributed by atoms with Crippen LogP contribution in [0.4, 0.5) is 5.95 Å². The number of nitrogens with zero attached hydrogens (tertiary/aromatic N) is 3. The van der Waals surface area contributed by atoms with Gasteiger partial charge in [0.05, 0.1) is 12.5 Å². The van der Waals surface area contributed by atoms with Crippen LogP contribution in [0.25, 0.3) is 0 Å². The van der Waals surface area contributed by atoms with Crippen LogP contribution in [0.1, 0.15) is 28.4 Å². The molecule has 0 fully saturated rings. The van der Waals surface area contributed by atoms with Gasteiger partial charge in [-0.05, 0) is 16.8 Å². The second-order valence-electron chi connectivity index (χ2n) is 4.10. The van der Waals surface area contributed by atoms with E-state index in [1.54, 1.807) is 12.1 Å². The van der Waals surface area contributed by atoms with Gasteiger partial charge in [-0.1, -0.05) is 23.3 Å². The minimum absolute atomic E-state index is 0.114. The lowest BCUT2D eigenvalue weighted by atomic mass is 10.0. The largest absolute Gasteiger partial charge is 0.345 e. The van der Waals surface area contributed by atoms with E-state index in [-0.39, 0.29) is 30.2 Å². The van der Waals surface area contributed by atoms with Gasteiger partial charge in [-0.2, -0.15) is 5.21 Å². The number of rotatable bonds is 3. The summed E-state index contributed by atoms with van der Waals surface area (Å²) in [5.74, 6) is -0.334. The molecule has 0 radical (unpaired) electrons. The van der Waals surface area contributed by atoms with Crippen LogP contribution >= 0.6 is 0 Å². The van der Waals surface area contributed by atoms with Crippen LogP contribution in [-0.2, 0) is 4.79 Å². The van der Waals surface area contributed by atoms with Gasteiger partial charge in [0.15, 0.2) is 0 Å². The minimum Gasteiger partial charge on any atom is -0.345 e. The predicted molar refractivity (Wildman–Crippen MR) is 64.1 cm³/mol. The lowest BCUT2D eigenvalue weighted by molar-refractivity contribution is -0.116. The van der Waals surface area contributed by atoms with Crippen molar-refractivity contribution in [2.75, 3.05) is 5.32 Å². The zero-order valence-electron chi connectivity index (χ0n) is 9.75. The second kappa shape index (κ2) is 4.48. The Morgan fingerprint density at radius 1 is 1.37 bits per heavy atom. The van der Waals surface area contributed by atoms with Crippen molar-refractivity contribution >= 4 is 17.8 Å². The van der Waals surface area contributed by atoms with Gasteiger partial charge in [0.2, 0.25) is 5.91 Å². The number of hydrogen-bond donors (Lipinski definition) is 3. The fraction of sp³-hybridized carbons (Fsp3) is 0.182. The van der Waals surface area contributed by atoms with E-state index >= 15 is 0 Å². The Morgan fingerprint density at radius 3 is 3.00 bits per heavy atom. The molecule has 1 aliphatic heterocycles. The second-order valence-corrected chi connectivity index (χ2v) is 4.10. The summed E-state index contributed by atoms with van der Waals surface area (Å²) in [6.45, 7) is 0. The standard InChI is InChI=1S/C11H10N6O2/c18-9(13-11-14-16-17-15-11)5-8-6-3-1-2-4-7(6)10(19)12-8/h1-4,8H,5H2,(H,12,19)(H2,13,14,15,16,17,18)/t8-/m1/s1. The molecule has 3 N–H and O–H groups in total. The van der Waals surface area contributed by atoms with Crippen LogP contribution in [0.5, 0.6) is 0 Å². The fourth-order valence-corrected chi connectivity index (χ4v) is 2.06. The molecule has 0 spiro atoms. The van der Waals surface area contributed by atoms with E-state index in [2.05, 4.69) is 31.3 Å². The third-order valence-electron chi connectivity index (χ3n) is 2.87. The Balaban J connectivity index is 1.71. The average molecular weight is 258 g/mol. The normalized spacial score (nSPS) is 16.8. The molecule has 2 amide bonds. The van der Waals surface area contributed by atoms with Gasteiger partial charge in [-0.3, -0.25) is 14.9 Å². The highest BCUT2D eigenvalue weighted by atomic mass is 16.2. The predicted octanol–water partition coefficient (Wildman–Crippen LogP) is 0.0130. The molecule has 0 unspecified atom stereocenters. The summed E-state index contributed by atoms with van der Waals surface area (Å²) >= 11 is 0. The van der Waals surface area contributed by atoms with Crippen LogP contribution in [0, 0.1) is 0 Å². The summed E-state index contributed by atoms with van der Waals surface area (Å²) in [6, 6.07) is 6.88. The average Bonchev–Trinajstić information content (AvgIpc) is 3.00. The number of fused-ring (bicyclic) bond motifs is 1. The van der Waals surface area contributed by atoms with E-state index in [4.69, 9.17) is 0 Å². The van der Waals surface area contributed by atoms with Crippen LogP contribution in [0.15, 0.2) is 24.3 Å². The zero-order valence-corrected chi connectivity index (χ0v) is 9.75. The number of aromatic nitrogens is 4. The molecular formula is C11H10N6O2. The number of amides is 2. The van der Waals surface area contributed by atoms with Crippen molar-refractivity contribution in [3.63, 3.8) is 0 Å². The van der Waals surface area contributed by atoms with Crippen molar-refractivity contribution in [3.8, 4) is 0 Å². The first-order valence-corrected chi connectivity index (χ1v) is 5.67. The van der Waals surface area contributed by atoms with E-state index in [9.17, 15) is 9.59 Å². The molecule has 0 saturated carbocycles. The van der Waals surface area contributed by atoms with E-state index in [1.165, 1.54) is 0 Å². The molecule has 0 saturated heterocycles. The Labute approximate surface area is 107 Å². The maximum Gasteiger partial charge on any atom is 0.269 e. The topological polar surface area (TPSA) is 113 Å². The molecule has 0 bridgehead atoms. The molecule has 1 aliphatic rings. The quantitative estimate of drug-likeness (QED) is 0.718. The Kier molecular flexibility index (Phi) is 2.67.